The second-order valence-electron chi connectivity index (χ2n) is 6.95. The van der Waals surface area contributed by atoms with E-state index >= 15 is 0 Å². The number of ether oxygens (including phenoxy) is 2. The van der Waals surface area contributed by atoms with Gasteiger partial charge in [0, 0.05) is 32.8 Å². The van der Waals surface area contributed by atoms with Crippen LogP contribution in [0, 0.1) is 11.8 Å². The highest BCUT2D eigenvalue weighted by Crippen LogP contribution is 2.24. The number of hydrogen-bond acceptors (Lipinski definition) is 4. The van der Waals surface area contributed by atoms with E-state index in [4.69, 9.17) is 14.5 Å². The van der Waals surface area contributed by atoms with Crippen LogP contribution in [-0.4, -0.2) is 63.3 Å². The molecule has 150 valence electrons. The molecule has 6 nitrogen and oxygen atoms in total. The number of nitrogens with one attached hydrogen (secondary N) is 1. The highest BCUT2D eigenvalue weighted by molar-refractivity contribution is 5.82. The van der Waals surface area contributed by atoms with E-state index in [1.807, 2.05) is 6.07 Å². The number of rotatable bonds is 9. The molecule has 0 radical (unpaired) electrons. The molecule has 1 aliphatic rings. The lowest BCUT2D eigenvalue weighted by Crippen LogP contribution is -2.40. The molecule has 0 amide bonds. The molecule has 0 saturated carbocycles. The third-order valence-corrected chi connectivity index (χ3v) is 4.84. The fourth-order valence-corrected chi connectivity index (χ4v) is 3.31. The van der Waals surface area contributed by atoms with Crippen molar-refractivity contribution in [3.05, 3.63) is 35.9 Å². The van der Waals surface area contributed by atoms with Gasteiger partial charge in [0.05, 0.1) is 19.6 Å². The molecule has 1 aromatic carbocycles. The third-order valence-electron chi connectivity index (χ3n) is 4.84. The van der Waals surface area contributed by atoms with Gasteiger partial charge in [-0.05, 0) is 31.2 Å². The van der Waals surface area contributed by atoms with Crippen molar-refractivity contribution < 1.29 is 14.3 Å². The third kappa shape index (κ3) is 6.86. The van der Waals surface area contributed by atoms with Crippen LogP contribution in [0.2, 0.25) is 0 Å². The van der Waals surface area contributed by atoms with Crippen molar-refractivity contribution in [2.45, 2.75) is 26.7 Å². The Morgan fingerprint density at radius 2 is 2.04 bits per heavy atom. The molecule has 1 N–H and O–H groups in total. The molecule has 1 fully saturated rings. The van der Waals surface area contributed by atoms with Crippen LogP contribution < -0.4 is 5.32 Å². The van der Waals surface area contributed by atoms with Crippen molar-refractivity contribution in [2.24, 2.45) is 16.8 Å². The van der Waals surface area contributed by atoms with Crippen molar-refractivity contribution in [1.29, 1.82) is 0 Å². The molecule has 2 rings (SSSR count). The van der Waals surface area contributed by atoms with Crippen LogP contribution in [0.3, 0.4) is 0 Å². The summed E-state index contributed by atoms with van der Waals surface area (Å²) in [5.74, 6) is 0.926. The smallest absolute Gasteiger partial charge is 0.310 e. The molecule has 1 saturated heterocycles. The lowest BCUT2D eigenvalue weighted by Gasteiger charge is -2.21. The van der Waals surface area contributed by atoms with Gasteiger partial charge in [-0.15, -0.1) is 0 Å². The monoisotopic (exact) mass is 375 g/mol. The number of hydrogen-bond donors (Lipinski definition) is 1. The van der Waals surface area contributed by atoms with Gasteiger partial charge < -0.3 is 19.7 Å². The normalized spacial score (nSPS) is 20.0. The second-order valence-corrected chi connectivity index (χ2v) is 6.95. The predicted molar refractivity (Wildman–Crippen MR) is 108 cm³/mol. The van der Waals surface area contributed by atoms with E-state index in [-0.39, 0.29) is 17.8 Å². The van der Waals surface area contributed by atoms with Gasteiger partial charge in [-0.25, -0.2) is 0 Å². The zero-order valence-electron chi connectivity index (χ0n) is 16.8. The quantitative estimate of drug-likeness (QED) is 0.311. The first kappa shape index (κ1) is 21.2. The summed E-state index contributed by atoms with van der Waals surface area (Å²) in [5, 5.41) is 3.33. The largest absolute Gasteiger partial charge is 0.469 e. The first-order chi connectivity index (χ1) is 13.2. The van der Waals surface area contributed by atoms with E-state index < -0.39 is 0 Å². The maximum atomic E-state index is 11.9. The minimum absolute atomic E-state index is 0.0832. The summed E-state index contributed by atoms with van der Waals surface area (Å²) in [6.45, 7) is 8.58. The number of likely N-dealkylation sites (tertiary alicyclic amines) is 1. The van der Waals surface area contributed by atoms with Gasteiger partial charge in [0.25, 0.3) is 0 Å². The lowest BCUT2D eigenvalue weighted by molar-refractivity contribution is -0.145. The zero-order chi connectivity index (χ0) is 19.5. The number of carbonyl (C=O) groups is 1. The summed E-state index contributed by atoms with van der Waals surface area (Å²) in [4.78, 5) is 18.8. The Morgan fingerprint density at radius 3 is 2.74 bits per heavy atom. The van der Waals surface area contributed by atoms with Gasteiger partial charge in [-0.3, -0.25) is 9.79 Å². The molecule has 0 aromatic heterocycles. The van der Waals surface area contributed by atoms with Crippen molar-refractivity contribution in [3.63, 3.8) is 0 Å². The minimum atomic E-state index is -0.132. The Hall–Kier alpha value is -2.08. The molecule has 1 heterocycles. The molecule has 1 aliphatic heterocycles. The van der Waals surface area contributed by atoms with E-state index in [1.54, 1.807) is 0 Å². The molecule has 0 aliphatic carbocycles. The standard InChI is InChI=1S/C21H33N3O3/c1-4-22-21(24-15-17(2)19(16-24)20(25)26-3)23-12-8-13-27-14-11-18-9-6-5-7-10-18/h5-7,9-10,17,19H,4,8,11-16H2,1-3H3,(H,22,23). The molecule has 1 aromatic rings. The first-order valence-electron chi connectivity index (χ1n) is 9.88. The fourth-order valence-electron chi connectivity index (χ4n) is 3.31. The van der Waals surface area contributed by atoms with E-state index in [2.05, 4.69) is 48.3 Å². The maximum absolute atomic E-state index is 11.9. The highest BCUT2D eigenvalue weighted by atomic mass is 16.5. The average Bonchev–Trinajstić information content (AvgIpc) is 3.08. The summed E-state index contributed by atoms with van der Waals surface area (Å²) in [6, 6.07) is 10.4. The minimum Gasteiger partial charge on any atom is -0.469 e. The van der Waals surface area contributed by atoms with Crippen molar-refractivity contribution in [2.75, 3.05) is 46.5 Å². The van der Waals surface area contributed by atoms with Crippen molar-refractivity contribution in [3.8, 4) is 0 Å². The molecule has 2 atom stereocenters. The average molecular weight is 376 g/mol. The molecule has 6 heteroatoms. The molecule has 2 unspecified atom stereocenters. The molecule has 0 spiro atoms. The topological polar surface area (TPSA) is 63.2 Å². The number of nitrogens with zero attached hydrogens (tertiary/aromatic N) is 2. The van der Waals surface area contributed by atoms with Crippen LogP contribution in [0.5, 0.6) is 0 Å². The van der Waals surface area contributed by atoms with Gasteiger partial charge in [-0.2, -0.15) is 0 Å². The Kier molecular flexibility index (Phi) is 9.11. The number of esters is 1. The van der Waals surface area contributed by atoms with Gasteiger partial charge in [0.2, 0.25) is 0 Å². The summed E-state index contributed by atoms with van der Waals surface area (Å²) in [5.41, 5.74) is 1.30. The Morgan fingerprint density at radius 1 is 1.26 bits per heavy atom. The SMILES string of the molecule is CCNC(=NCCCOCCc1ccccc1)N1CC(C)C(C(=O)OC)C1. The fraction of sp³-hybridized carbons (Fsp3) is 0.619. The summed E-state index contributed by atoms with van der Waals surface area (Å²) >= 11 is 0. The van der Waals surface area contributed by atoms with E-state index in [0.29, 0.717) is 19.7 Å². The molecular weight excluding hydrogens is 342 g/mol. The van der Waals surface area contributed by atoms with Gasteiger partial charge in [0.15, 0.2) is 5.96 Å². The maximum Gasteiger partial charge on any atom is 0.310 e. The second kappa shape index (κ2) is 11.6. The van der Waals surface area contributed by atoms with E-state index in [9.17, 15) is 4.79 Å². The number of guanidine groups is 1. The van der Waals surface area contributed by atoms with Crippen molar-refractivity contribution in [1.82, 2.24) is 10.2 Å². The zero-order valence-corrected chi connectivity index (χ0v) is 16.8. The highest BCUT2D eigenvalue weighted by Gasteiger charge is 2.36. The summed E-state index contributed by atoms with van der Waals surface area (Å²) in [7, 11) is 1.45. The Bertz CT molecular complexity index is 592. The lowest BCUT2D eigenvalue weighted by atomic mass is 9.99. The van der Waals surface area contributed by atoms with Crippen LogP contribution in [0.1, 0.15) is 25.8 Å². The summed E-state index contributed by atoms with van der Waals surface area (Å²) in [6.07, 6.45) is 1.82. The number of carbonyl (C=O) groups excluding carboxylic acids is 1. The summed E-state index contributed by atoms with van der Waals surface area (Å²) < 4.78 is 10.6. The number of methoxy groups -OCH3 is 1. The molecule has 27 heavy (non-hydrogen) atoms. The Labute approximate surface area is 162 Å². The van der Waals surface area contributed by atoms with Gasteiger partial charge >= 0.3 is 5.97 Å². The number of aliphatic imine (C=N–C) groups is 1. The van der Waals surface area contributed by atoms with Crippen molar-refractivity contribution >= 4 is 11.9 Å². The Balaban J connectivity index is 1.71. The van der Waals surface area contributed by atoms with E-state index in [1.165, 1.54) is 12.7 Å². The number of benzene rings is 1. The molecular formula is C21H33N3O3. The first-order valence-corrected chi connectivity index (χ1v) is 9.88. The predicted octanol–water partition coefficient (Wildman–Crippen LogP) is 2.34. The van der Waals surface area contributed by atoms with Crippen LogP contribution >= 0.6 is 0 Å². The van der Waals surface area contributed by atoms with Crippen LogP contribution in [-0.2, 0) is 20.7 Å². The van der Waals surface area contributed by atoms with Gasteiger partial charge in [-0.1, -0.05) is 37.3 Å². The van der Waals surface area contributed by atoms with Crippen LogP contribution in [0.15, 0.2) is 35.3 Å². The van der Waals surface area contributed by atoms with E-state index in [0.717, 1.165) is 38.5 Å². The van der Waals surface area contributed by atoms with Crippen LogP contribution in [0.4, 0.5) is 0 Å². The molecule has 0 bridgehead atoms. The van der Waals surface area contributed by atoms with Crippen LogP contribution in [0.25, 0.3) is 0 Å². The van der Waals surface area contributed by atoms with Gasteiger partial charge in [0.1, 0.15) is 0 Å².